The van der Waals surface area contributed by atoms with Crippen molar-refractivity contribution >= 4 is 29.2 Å². The quantitative estimate of drug-likeness (QED) is 0.682. The molecule has 0 aliphatic rings. The number of hydrogen-bond acceptors (Lipinski definition) is 3. The first kappa shape index (κ1) is 16.8. The van der Waals surface area contributed by atoms with E-state index in [1.54, 1.807) is 6.07 Å². The molecule has 0 saturated heterocycles. The summed E-state index contributed by atoms with van der Waals surface area (Å²) in [5, 5.41) is 2.29. The van der Waals surface area contributed by atoms with Gasteiger partial charge < -0.3 is 10.1 Å². The van der Waals surface area contributed by atoms with Gasteiger partial charge in [0.05, 0.1) is 11.3 Å². The maximum Gasteiger partial charge on any atom is 0.338 e. The Hall–Kier alpha value is -2.54. The fraction of sp³-hybridized carbons (Fsp3) is 0.0667. The summed E-state index contributed by atoms with van der Waals surface area (Å²) in [7, 11) is 0. The van der Waals surface area contributed by atoms with E-state index in [1.807, 2.05) is 5.32 Å². The van der Waals surface area contributed by atoms with Crippen molar-refractivity contribution in [3.05, 3.63) is 64.4 Å². The molecule has 120 valence electrons. The predicted molar refractivity (Wildman–Crippen MR) is 76.7 cm³/mol. The summed E-state index contributed by atoms with van der Waals surface area (Å²) < 4.78 is 43.9. The van der Waals surface area contributed by atoms with Gasteiger partial charge >= 0.3 is 5.97 Å². The number of rotatable bonds is 4. The van der Waals surface area contributed by atoms with Crippen LogP contribution in [0.1, 0.15) is 10.4 Å². The Morgan fingerprint density at radius 1 is 1.09 bits per heavy atom. The molecule has 2 aromatic rings. The molecule has 0 aliphatic carbocycles. The van der Waals surface area contributed by atoms with E-state index < -0.39 is 41.6 Å². The molecule has 0 spiro atoms. The number of hydrogen-bond donors (Lipinski definition) is 1. The Morgan fingerprint density at radius 3 is 2.52 bits per heavy atom. The van der Waals surface area contributed by atoms with Crippen LogP contribution < -0.4 is 5.32 Å². The van der Waals surface area contributed by atoms with E-state index >= 15 is 0 Å². The number of esters is 1. The van der Waals surface area contributed by atoms with Crippen LogP contribution in [0.3, 0.4) is 0 Å². The van der Waals surface area contributed by atoms with Crippen molar-refractivity contribution in [2.24, 2.45) is 0 Å². The largest absolute Gasteiger partial charge is 0.452 e. The Kier molecular flexibility index (Phi) is 5.23. The number of amides is 1. The number of anilines is 1. The zero-order valence-electron chi connectivity index (χ0n) is 11.4. The predicted octanol–water partition coefficient (Wildman–Crippen LogP) is 3.55. The maximum atomic E-state index is 13.4. The Balaban J connectivity index is 1.95. The molecule has 1 amide bonds. The van der Waals surface area contributed by atoms with Crippen LogP contribution in [0.4, 0.5) is 18.9 Å². The van der Waals surface area contributed by atoms with E-state index in [2.05, 4.69) is 0 Å². The van der Waals surface area contributed by atoms with E-state index in [4.69, 9.17) is 16.3 Å². The Morgan fingerprint density at radius 2 is 1.83 bits per heavy atom. The van der Waals surface area contributed by atoms with Gasteiger partial charge in [0.15, 0.2) is 24.1 Å². The molecular formula is C15H9ClF3NO3. The second-order valence-electron chi connectivity index (χ2n) is 4.36. The normalized spacial score (nSPS) is 10.3. The van der Waals surface area contributed by atoms with E-state index in [0.29, 0.717) is 11.1 Å². The van der Waals surface area contributed by atoms with E-state index in [0.717, 1.165) is 6.07 Å². The van der Waals surface area contributed by atoms with Crippen molar-refractivity contribution in [2.45, 2.75) is 0 Å². The fourth-order valence-corrected chi connectivity index (χ4v) is 1.83. The standard InChI is InChI=1S/C15H9ClF3NO3/c16-9-3-1-2-8(6-9)15(22)23-7-12(21)20-11-5-4-10(17)13(18)14(11)19/h1-6H,7H2,(H,20,21). The second kappa shape index (κ2) is 7.15. The molecule has 0 aromatic heterocycles. The van der Waals surface area contributed by atoms with Gasteiger partial charge in [-0.05, 0) is 30.3 Å². The van der Waals surface area contributed by atoms with Crippen molar-refractivity contribution in [1.29, 1.82) is 0 Å². The number of ether oxygens (including phenoxy) is 1. The molecule has 4 nitrogen and oxygen atoms in total. The summed E-state index contributed by atoms with van der Waals surface area (Å²) in [6, 6.07) is 7.36. The third-order valence-corrected chi connectivity index (χ3v) is 2.94. The number of carbonyl (C=O) groups is 2. The molecule has 8 heteroatoms. The van der Waals surface area contributed by atoms with Gasteiger partial charge in [-0.25, -0.2) is 18.0 Å². The number of nitrogens with one attached hydrogen (secondary N) is 1. The highest BCUT2D eigenvalue weighted by Crippen LogP contribution is 2.19. The topological polar surface area (TPSA) is 55.4 Å². The van der Waals surface area contributed by atoms with E-state index in [-0.39, 0.29) is 5.56 Å². The molecule has 2 aromatic carbocycles. The molecule has 0 atom stereocenters. The SMILES string of the molecule is O=C(COC(=O)c1cccc(Cl)c1)Nc1ccc(F)c(F)c1F. The lowest BCUT2D eigenvalue weighted by Gasteiger charge is -2.08. The smallest absolute Gasteiger partial charge is 0.338 e. The molecule has 0 saturated carbocycles. The van der Waals surface area contributed by atoms with Gasteiger partial charge in [0.25, 0.3) is 5.91 Å². The van der Waals surface area contributed by atoms with Gasteiger partial charge in [-0.3, -0.25) is 4.79 Å². The van der Waals surface area contributed by atoms with Crippen LogP contribution in [0.5, 0.6) is 0 Å². The third-order valence-electron chi connectivity index (χ3n) is 2.70. The Bertz CT molecular complexity index is 768. The van der Waals surface area contributed by atoms with Crippen LogP contribution in [-0.2, 0) is 9.53 Å². The van der Waals surface area contributed by atoms with Crippen molar-refractivity contribution in [3.8, 4) is 0 Å². The van der Waals surface area contributed by atoms with Gasteiger partial charge in [-0.15, -0.1) is 0 Å². The summed E-state index contributed by atoms with van der Waals surface area (Å²) in [4.78, 5) is 23.2. The molecule has 0 fully saturated rings. The fourth-order valence-electron chi connectivity index (χ4n) is 1.64. The van der Waals surface area contributed by atoms with E-state index in [9.17, 15) is 22.8 Å². The van der Waals surface area contributed by atoms with Crippen molar-refractivity contribution in [3.63, 3.8) is 0 Å². The summed E-state index contributed by atoms with van der Waals surface area (Å²) in [6.07, 6.45) is 0. The first-order chi connectivity index (χ1) is 10.9. The molecule has 0 aliphatic heterocycles. The van der Waals surface area contributed by atoms with E-state index in [1.165, 1.54) is 18.2 Å². The first-order valence-corrected chi connectivity index (χ1v) is 6.62. The minimum atomic E-state index is -1.71. The van der Waals surface area contributed by atoms with Crippen molar-refractivity contribution in [2.75, 3.05) is 11.9 Å². The summed E-state index contributed by atoms with van der Waals surface area (Å²) in [5.41, 5.74) is -0.433. The van der Waals surface area contributed by atoms with Crippen LogP contribution in [0.2, 0.25) is 5.02 Å². The average molecular weight is 344 g/mol. The van der Waals surface area contributed by atoms with Gasteiger partial charge in [0.1, 0.15) is 0 Å². The Labute approximate surface area is 133 Å². The van der Waals surface area contributed by atoms with Gasteiger partial charge in [0.2, 0.25) is 0 Å². The zero-order valence-corrected chi connectivity index (χ0v) is 12.2. The first-order valence-electron chi connectivity index (χ1n) is 6.24. The highest BCUT2D eigenvalue weighted by Gasteiger charge is 2.16. The minimum absolute atomic E-state index is 0.129. The number of halogens is 4. The van der Waals surface area contributed by atoms with Gasteiger partial charge in [0, 0.05) is 5.02 Å². The highest BCUT2D eigenvalue weighted by atomic mass is 35.5. The molecule has 2 rings (SSSR count). The number of carbonyl (C=O) groups excluding carboxylic acids is 2. The third kappa shape index (κ3) is 4.23. The minimum Gasteiger partial charge on any atom is -0.452 e. The van der Waals surface area contributed by atoms with Crippen LogP contribution >= 0.6 is 11.6 Å². The highest BCUT2D eigenvalue weighted by molar-refractivity contribution is 6.30. The second-order valence-corrected chi connectivity index (χ2v) is 4.79. The lowest BCUT2D eigenvalue weighted by molar-refractivity contribution is -0.119. The maximum absolute atomic E-state index is 13.4. The lowest BCUT2D eigenvalue weighted by atomic mass is 10.2. The van der Waals surface area contributed by atoms with Crippen LogP contribution in [0.25, 0.3) is 0 Å². The molecule has 23 heavy (non-hydrogen) atoms. The molecule has 0 unspecified atom stereocenters. The molecular weight excluding hydrogens is 335 g/mol. The summed E-state index contributed by atoms with van der Waals surface area (Å²) in [5.74, 6) is -6.36. The van der Waals surface area contributed by atoms with Crippen LogP contribution in [-0.4, -0.2) is 18.5 Å². The average Bonchev–Trinajstić information content (AvgIpc) is 2.53. The van der Waals surface area contributed by atoms with Crippen molar-refractivity contribution in [1.82, 2.24) is 0 Å². The molecule has 0 radical (unpaired) electrons. The van der Waals surface area contributed by atoms with Crippen LogP contribution in [0, 0.1) is 17.5 Å². The molecule has 1 N–H and O–H groups in total. The molecule has 0 bridgehead atoms. The lowest BCUT2D eigenvalue weighted by Crippen LogP contribution is -2.21. The van der Waals surface area contributed by atoms with Crippen molar-refractivity contribution < 1.29 is 27.5 Å². The summed E-state index contributed by atoms with van der Waals surface area (Å²) >= 11 is 5.71. The number of benzene rings is 2. The van der Waals surface area contributed by atoms with Crippen LogP contribution in [0.15, 0.2) is 36.4 Å². The molecule has 0 heterocycles. The van der Waals surface area contributed by atoms with Gasteiger partial charge in [-0.1, -0.05) is 17.7 Å². The van der Waals surface area contributed by atoms with Gasteiger partial charge in [-0.2, -0.15) is 0 Å². The monoisotopic (exact) mass is 343 g/mol. The zero-order chi connectivity index (χ0) is 17.0. The summed E-state index contributed by atoms with van der Waals surface area (Å²) in [6.45, 7) is -0.732.